The highest BCUT2D eigenvalue weighted by Gasteiger charge is 2.34. The molecule has 1 saturated heterocycles. The van der Waals surface area contributed by atoms with E-state index in [4.69, 9.17) is 21.1 Å². The molecule has 1 aliphatic rings. The smallest absolute Gasteiger partial charge is 0.307 e. The van der Waals surface area contributed by atoms with Crippen LogP contribution in [0.5, 0.6) is 11.5 Å². The summed E-state index contributed by atoms with van der Waals surface area (Å²) in [5.74, 6) is 0.270. The summed E-state index contributed by atoms with van der Waals surface area (Å²) in [4.78, 5) is 13.8. The Balaban J connectivity index is 2.13. The molecule has 0 radical (unpaired) electrons. The fraction of sp³-hybridized carbons (Fsp3) is 0.381. The van der Waals surface area contributed by atoms with Crippen LogP contribution in [-0.4, -0.2) is 43.3 Å². The number of hydrogen-bond donors (Lipinski definition) is 1. The van der Waals surface area contributed by atoms with E-state index in [-0.39, 0.29) is 12.0 Å². The van der Waals surface area contributed by atoms with E-state index in [9.17, 15) is 9.90 Å². The number of hydrogen-bond acceptors (Lipinski definition) is 4. The first kappa shape index (κ1) is 19.5. The Kier molecular flexibility index (Phi) is 6.24. The highest BCUT2D eigenvalue weighted by atomic mass is 35.5. The molecule has 2 aromatic carbocycles. The predicted octanol–water partition coefficient (Wildman–Crippen LogP) is 4.24. The summed E-state index contributed by atoms with van der Waals surface area (Å²) in [7, 11) is 3.26. The number of nitrogens with zero attached hydrogens (tertiary/aromatic N) is 1. The molecule has 3 rings (SSSR count). The van der Waals surface area contributed by atoms with Gasteiger partial charge in [-0.1, -0.05) is 29.8 Å². The van der Waals surface area contributed by atoms with Gasteiger partial charge in [-0.2, -0.15) is 0 Å². The van der Waals surface area contributed by atoms with E-state index < -0.39 is 5.97 Å². The normalized spacial score (nSPS) is 18.7. The van der Waals surface area contributed by atoms with Crippen LogP contribution >= 0.6 is 11.6 Å². The van der Waals surface area contributed by atoms with Crippen LogP contribution in [0.4, 0.5) is 0 Å². The monoisotopic (exact) mass is 389 g/mol. The summed E-state index contributed by atoms with van der Waals surface area (Å²) in [6.07, 6.45) is 1.52. The fourth-order valence-corrected chi connectivity index (χ4v) is 4.03. The van der Waals surface area contributed by atoms with Gasteiger partial charge in [0.1, 0.15) is 11.5 Å². The first-order chi connectivity index (χ1) is 13.0. The molecule has 6 heteroatoms. The van der Waals surface area contributed by atoms with Crippen molar-refractivity contribution in [3.05, 3.63) is 58.6 Å². The van der Waals surface area contributed by atoms with Gasteiger partial charge in [-0.15, -0.1) is 0 Å². The molecular weight excluding hydrogens is 366 g/mol. The molecule has 0 aliphatic carbocycles. The van der Waals surface area contributed by atoms with Crippen LogP contribution in [0, 0.1) is 5.92 Å². The van der Waals surface area contributed by atoms with Crippen molar-refractivity contribution in [2.75, 3.05) is 27.3 Å². The maximum Gasteiger partial charge on any atom is 0.307 e. The average molecular weight is 390 g/mol. The molecule has 0 spiro atoms. The van der Waals surface area contributed by atoms with Gasteiger partial charge in [0, 0.05) is 11.6 Å². The zero-order valence-electron chi connectivity index (χ0n) is 15.5. The van der Waals surface area contributed by atoms with Crippen LogP contribution in [-0.2, 0) is 4.79 Å². The predicted molar refractivity (Wildman–Crippen MR) is 105 cm³/mol. The minimum atomic E-state index is -0.753. The molecule has 2 unspecified atom stereocenters. The Labute approximate surface area is 164 Å². The number of carboxylic acids is 1. The summed E-state index contributed by atoms with van der Waals surface area (Å²) >= 11 is 6.27. The first-order valence-corrected chi connectivity index (χ1v) is 9.36. The molecule has 27 heavy (non-hydrogen) atoms. The number of rotatable bonds is 6. The zero-order chi connectivity index (χ0) is 19.4. The van der Waals surface area contributed by atoms with Crippen molar-refractivity contribution in [2.45, 2.75) is 18.9 Å². The number of ether oxygens (including phenoxy) is 2. The van der Waals surface area contributed by atoms with E-state index >= 15 is 0 Å². The lowest BCUT2D eigenvalue weighted by Gasteiger charge is -2.38. The van der Waals surface area contributed by atoms with Gasteiger partial charge in [0.2, 0.25) is 0 Å². The number of carboxylic acid groups (broad SMARTS) is 1. The van der Waals surface area contributed by atoms with E-state index in [1.54, 1.807) is 14.2 Å². The van der Waals surface area contributed by atoms with Gasteiger partial charge < -0.3 is 14.6 Å². The van der Waals surface area contributed by atoms with Gasteiger partial charge in [-0.25, -0.2) is 0 Å². The zero-order valence-corrected chi connectivity index (χ0v) is 16.3. The van der Waals surface area contributed by atoms with Crippen molar-refractivity contribution < 1.29 is 19.4 Å². The first-order valence-electron chi connectivity index (χ1n) is 8.98. The average Bonchev–Trinajstić information content (AvgIpc) is 2.68. The van der Waals surface area contributed by atoms with Gasteiger partial charge in [0.25, 0.3) is 0 Å². The topological polar surface area (TPSA) is 59.0 Å². The number of methoxy groups -OCH3 is 2. The second kappa shape index (κ2) is 8.63. The SMILES string of the molecule is COc1cccc(OC)c1C(c1cccc(Cl)c1)N1CCCC(C(=O)O)C1. The third-order valence-corrected chi connectivity index (χ3v) is 5.31. The number of aliphatic carboxylic acids is 1. The molecule has 1 aliphatic heterocycles. The largest absolute Gasteiger partial charge is 0.496 e. The maximum absolute atomic E-state index is 11.6. The lowest BCUT2D eigenvalue weighted by atomic mass is 9.90. The molecule has 1 fully saturated rings. The van der Waals surface area contributed by atoms with Crippen molar-refractivity contribution >= 4 is 17.6 Å². The third kappa shape index (κ3) is 4.20. The van der Waals surface area contributed by atoms with Gasteiger partial charge in [0.15, 0.2) is 0 Å². The number of likely N-dealkylation sites (tertiary alicyclic amines) is 1. The summed E-state index contributed by atoms with van der Waals surface area (Å²) in [5.41, 5.74) is 1.87. The molecule has 1 heterocycles. The number of benzene rings is 2. The van der Waals surface area contributed by atoms with Crippen LogP contribution in [0.1, 0.15) is 30.0 Å². The fourth-order valence-electron chi connectivity index (χ4n) is 3.83. The lowest BCUT2D eigenvalue weighted by molar-refractivity contribution is -0.143. The van der Waals surface area contributed by atoms with Gasteiger partial charge in [-0.05, 0) is 49.2 Å². The lowest BCUT2D eigenvalue weighted by Crippen LogP contribution is -2.41. The summed E-state index contributed by atoms with van der Waals surface area (Å²) in [5, 5.41) is 10.2. The van der Waals surface area contributed by atoms with Crippen molar-refractivity contribution in [3.63, 3.8) is 0 Å². The van der Waals surface area contributed by atoms with Crippen LogP contribution < -0.4 is 9.47 Å². The van der Waals surface area contributed by atoms with Crippen LogP contribution in [0.25, 0.3) is 0 Å². The number of halogens is 1. The molecule has 0 aromatic heterocycles. The highest BCUT2D eigenvalue weighted by molar-refractivity contribution is 6.30. The molecule has 2 atom stereocenters. The molecule has 5 nitrogen and oxygen atoms in total. The molecule has 1 N–H and O–H groups in total. The van der Waals surface area contributed by atoms with E-state index in [0.717, 1.165) is 24.1 Å². The van der Waals surface area contributed by atoms with Gasteiger partial charge in [0.05, 0.1) is 31.7 Å². The van der Waals surface area contributed by atoms with E-state index in [1.165, 1.54) is 0 Å². The van der Waals surface area contributed by atoms with Crippen molar-refractivity contribution in [2.24, 2.45) is 5.92 Å². The van der Waals surface area contributed by atoms with E-state index in [0.29, 0.717) is 29.5 Å². The van der Waals surface area contributed by atoms with E-state index in [1.807, 2.05) is 42.5 Å². The Morgan fingerprint density at radius 3 is 2.44 bits per heavy atom. The molecule has 2 aromatic rings. The van der Waals surface area contributed by atoms with Gasteiger partial charge >= 0.3 is 5.97 Å². The van der Waals surface area contributed by atoms with Crippen molar-refractivity contribution in [1.82, 2.24) is 4.90 Å². The second-order valence-corrected chi connectivity index (χ2v) is 7.14. The van der Waals surface area contributed by atoms with Crippen molar-refractivity contribution in [3.8, 4) is 11.5 Å². The standard InChI is InChI=1S/C21H24ClNO4/c1-26-17-9-4-10-18(27-2)19(17)20(14-6-3-8-16(22)12-14)23-11-5-7-15(13-23)21(24)25/h3-4,6,8-10,12,15,20H,5,7,11,13H2,1-2H3,(H,24,25). The Bertz CT molecular complexity index is 788. The Morgan fingerprint density at radius 2 is 1.85 bits per heavy atom. The quantitative estimate of drug-likeness (QED) is 0.800. The summed E-state index contributed by atoms with van der Waals surface area (Å²) < 4.78 is 11.3. The van der Waals surface area contributed by atoms with Gasteiger partial charge in [-0.3, -0.25) is 9.69 Å². The maximum atomic E-state index is 11.6. The molecule has 0 saturated carbocycles. The Hall–Kier alpha value is -2.24. The molecular formula is C21H24ClNO4. The van der Waals surface area contributed by atoms with Crippen molar-refractivity contribution in [1.29, 1.82) is 0 Å². The summed E-state index contributed by atoms with van der Waals surface area (Å²) in [6, 6.07) is 13.1. The molecule has 0 amide bonds. The number of piperidine rings is 1. The molecule has 0 bridgehead atoms. The van der Waals surface area contributed by atoms with Crippen LogP contribution in [0.15, 0.2) is 42.5 Å². The Morgan fingerprint density at radius 1 is 1.19 bits per heavy atom. The third-order valence-electron chi connectivity index (χ3n) is 5.07. The highest BCUT2D eigenvalue weighted by Crippen LogP contribution is 2.42. The molecule has 144 valence electrons. The second-order valence-electron chi connectivity index (χ2n) is 6.71. The minimum Gasteiger partial charge on any atom is -0.496 e. The minimum absolute atomic E-state index is 0.211. The summed E-state index contributed by atoms with van der Waals surface area (Å²) in [6.45, 7) is 1.26. The number of carbonyl (C=O) groups is 1. The van der Waals surface area contributed by atoms with Crippen LogP contribution in [0.3, 0.4) is 0 Å². The van der Waals surface area contributed by atoms with Crippen LogP contribution in [0.2, 0.25) is 5.02 Å². The van der Waals surface area contributed by atoms with E-state index in [2.05, 4.69) is 4.90 Å².